The van der Waals surface area contributed by atoms with E-state index >= 15 is 0 Å². The smallest absolute Gasteiger partial charge is 0.255 e. The summed E-state index contributed by atoms with van der Waals surface area (Å²) in [7, 11) is 0. The third kappa shape index (κ3) is 5.04. The summed E-state index contributed by atoms with van der Waals surface area (Å²) in [5.41, 5.74) is 3.74. The van der Waals surface area contributed by atoms with Gasteiger partial charge in [-0.1, -0.05) is 30.3 Å². The van der Waals surface area contributed by atoms with E-state index in [1.54, 1.807) is 4.68 Å². The minimum absolute atomic E-state index is 0.209. The second-order valence-corrected chi connectivity index (χ2v) is 8.55. The van der Waals surface area contributed by atoms with Gasteiger partial charge in [-0.05, 0) is 74.9 Å². The number of aromatic nitrogens is 3. The highest BCUT2D eigenvalue weighted by molar-refractivity contribution is 6.06. The van der Waals surface area contributed by atoms with Gasteiger partial charge in [-0.25, -0.2) is 4.68 Å². The van der Waals surface area contributed by atoms with Crippen molar-refractivity contribution in [3.05, 3.63) is 95.7 Å². The van der Waals surface area contributed by atoms with Gasteiger partial charge in [-0.3, -0.25) is 4.79 Å². The predicted octanol–water partition coefficient (Wildman–Crippen LogP) is 5.67. The molecule has 0 aliphatic carbocycles. The van der Waals surface area contributed by atoms with Crippen molar-refractivity contribution in [3.8, 4) is 22.9 Å². The van der Waals surface area contributed by atoms with E-state index in [-0.39, 0.29) is 5.91 Å². The van der Waals surface area contributed by atoms with E-state index in [0.29, 0.717) is 36.3 Å². The number of ether oxygens (including phenoxy) is 2. The summed E-state index contributed by atoms with van der Waals surface area (Å²) in [4.78, 5) is 18.4. The number of benzene rings is 3. The molecule has 1 atom stereocenters. The lowest BCUT2D eigenvalue weighted by atomic mass is 9.95. The summed E-state index contributed by atoms with van der Waals surface area (Å²) >= 11 is 0. The van der Waals surface area contributed by atoms with Crippen LogP contribution >= 0.6 is 0 Å². The average Bonchev–Trinajstić information content (AvgIpc) is 3.33. The fourth-order valence-electron chi connectivity index (χ4n) is 4.38. The Bertz CT molecular complexity index is 1410. The van der Waals surface area contributed by atoms with E-state index in [2.05, 4.69) is 10.6 Å². The number of carbonyl (C=O) groups is 1. The van der Waals surface area contributed by atoms with Gasteiger partial charge in [0.2, 0.25) is 5.95 Å². The van der Waals surface area contributed by atoms with E-state index < -0.39 is 6.04 Å². The fraction of sp³-hybridized carbons (Fsp3) is 0.207. The lowest BCUT2D eigenvalue weighted by Crippen LogP contribution is -2.31. The highest BCUT2D eigenvalue weighted by Crippen LogP contribution is 2.37. The molecule has 4 aromatic rings. The maximum absolute atomic E-state index is 13.6. The first-order valence-corrected chi connectivity index (χ1v) is 12.3. The monoisotopic (exact) mass is 495 g/mol. The number of para-hydroxylation sites is 1. The Hall–Kier alpha value is -4.59. The van der Waals surface area contributed by atoms with Crippen LogP contribution in [0.4, 0.5) is 11.6 Å². The summed E-state index contributed by atoms with van der Waals surface area (Å²) in [6.45, 7) is 6.96. The topological polar surface area (TPSA) is 90.3 Å². The Kier molecular flexibility index (Phi) is 6.89. The highest BCUT2D eigenvalue weighted by Gasteiger charge is 2.34. The first kappa shape index (κ1) is 24.1. The first-order chi connectivity index (χ1) is 18.1. The molecule has 2 heterocycles. The molecule has 0 saturated carbocycles. The minimum atomic E-state index is -0.486. The number of nitrogens with zero attached hydrogens (tertiary/aromatic N) is 3. The average molecular weight is 496 g/mol. The van der Waals surface area contributed by atoms with E-state index in [0.717, 1.165) is 28.3 Å². The van der Waals surface area contributed by atoms with Crippen LogP contribution in [0.5, 0.6) is 11.5 Å². The standard InChI is InChI=1S/C29H29N5O3/c1-4-36-23-15-11-20(12-16-23)26-25(28(35)31-22-9-7-6-8-10-22)19(3)30-29-32-27(33-34(26)29)21-13-17-24(18-14-21)37-5-2/h6-18,26H,4-5H2,1-3H3,(H,31,35)(H,30,32,33). The molecule has 188 valence electrons. The van der Waals surface area contributed by atoms with Gasteiger partial charge in [0.1, 0.15) is 17.5 Å². The van der Waals surface area contributed by atoms with Gasteiger partial charge in [0.05, 0.1) is 18.8 Å². The van der Waals surface area contributed by atoms with Crippen LogP contribution in [0.1, 0.15) is 32.4 Å². The van der Waals surface area contributed by atoms with Gasteiger partial charge in [0, 0.05) is 16.9 Å². The maximum atomic E-state index is 13.6. The van der Waals surface area contributed by atoms with Crippen LogP contribution in [-0.2, 0) is 4.79 Å². The minimum Gasteiger partial charge on any atom is -0.494 e. The second-order valence-electron chi connectivity index (χ2n) is 8.55. The molecular formula is C29H29N5O3. The Labute approximate surface area is 216 Å². The summed E-state index contributed by atoms with van der Waals surface area (Å²) in [5.74, 6) is 2.47. The Morgan fingerprint density at radius 2 is 1.54 bits per heavy atom. The normalized spacial score (nSPS) is 14.5. The number of fused-ring (bicyclic) bond motifs is 1. The Balaban J connectivity index is 1.55. The number of nitrogens with one attached hydrogen (secondary N) is 2. The number of hydrogen-bond acceptors (Lipinski definition) is 6. The summed E-state index contributed by atoms with van der Waals surface area (Å²) in [5, 5.41) is 11.2. The third-order valence-electron chi connectivity index (χ3n) is 6.06. The maximum Gasteiger partial charge on any atom is 0.255 e. The largest absolute Gasteiger partial charge is 0.494 e. The van der Waals surface area contributed by atoms with Crippen molar-refractivity contribution in [2.24, 2.45) is 0 Å². The van der Waals surface area contributed by atoms with Gasteiger partial charge in [0.25, 0.3) is 5.91 Å². The van der Waals surface area contributed by atoms with Crippen LogP contribution in [0.25, 0.3) is 11.4 Å². The van der Waals surface area contributed by atoms with Crippen LogP contribution in [0.15, 0.2) is 90.1 Å². The zero-order chi connectivity index (χ0) is 25.8. The Morgan fingerprint density at radius 1 is 0.919 bits per heavy atom. The first-order valence-electron chi connectivity index (χ1n) is 12.3. The molecule has 1 aliphatic heterocycles. The van der Waals surface area contributed by atoms with Gasteiger partial charge in [-0.15, -0.1) is 5.10 Å². The molecule has 0 radical (unpaired) electrons. The van der Waals surface area contributed by atoms with Gasteiger partial charge in [0.15, 0.2) is 5.82 Å². The molecule has 8 nitrogen and oxygen atoms in total. The zero-order valence-corrected chi connectivity index (χ0v) is 21.1. The van der Waals surface area contributed by atoms with Crippen LogP contribution in [0, 0.1) is 0 Å². The molecule has 1 aromatic heterocycles. The van der Waals surface area contributed by atoms with Crippen molar-refractivity contribution in [1.82, 2.24) is 14.8 Å². The van der Waals surface area contributed by atoms with Crippen molar-refractivity contribution in [2.75, 3.05) is 23.8 Å². The van der Waals surface area contributed by atoms with Crippen LogP contribution in [0.3, 0.4) is 0 Å². The Morgan fingerprint density at radius 3 is 2.16 bits per heavy atom. The summed E-state index contributed by atoms with van der Waals surface area (Å²) < 4.78 is 13.0. The zero-order valence-electron chi connectivity index (χ0n) is 21.1. The molecule has 37 heavy (non-hydrogen) atoms. The molecular weight excluding hydrogens is 466 g/mol. The molecule has 0 saturated heterocycles. The number of anilines is 2. The molecule has 2 N–H and O–H groups in total. The van der Waals surface area contributed by atoms with E-state index in [9.17, 15) is 4.79 Å². The molecule has 8 heteroatoms. The lowest BCUT2D eigenvalue weighted by molar-refractivity contribution is -0.113. The molecule has 0 bridgehead atoms. The van der Waals surface area contributed by atoms with Crippen molar-refractivity contribution < 1.29 is 14.3 Å². The van der Waals surface area contributed by atoms with E-state index in [1.807, 2.05) is 99.6 Å². The molecule has 0 fully saturated rings. The molecule has 1 unspecified atom stereocenters. The summed E-state index contributed by atoms with van der Waals surface area (Å²) in [6.07, 6.45) is 0. The number of hydrogen-bond donors (Lipinski definition) is 2. The number of rotatable bonds is 8. The quantitative estimate of drug-likeness (QED) is 0.327. The molecule has 3 aromatic carbocycles. The lowest BCUT2D eigenvalue weighted by Gasteiger charge is -2.28. The van der Waals surface area contributed by atoms with Crippen molar-refractivity contribution >= 4 is 17.5 Å². The predicted molar refractivity (Wildman–Crippen MR) is 144 cm³/mol. The van der Waals surface area contributed by atoms with Crippen LogP contribution in [0.2, 0.25) is 0 Å². The van der Waals surface area contributed by atoms with Gasteiger partial charge < -0.3 is 20.1 Å². The SMILES string of the molecule is CCOc1ccc(-c2nc3n(n2)C(c2ccc(OCC)cc2)C(C(=O)Nc2ccccc2)=C(C)N3)cc1. The number of allylic oxidation sites excluding steroid dienone is 1. The van der Waals surface area contributed by atoms with Gasteiger partial charge in [-0.2, -0.15) is 4.98 Å². The second kappa shape index (κ2) is 10.6. The molecule has 1 amide bonds. The molecule has 1 aliphatic rings. The molecule has 5 rings (SSSR count). The van der Waals surface area contributed by atoms with Crippen molar-refractivity contribution in [1.29, 1.82) is 0 Å². The van der Waals surface area contributed by atoms with Crippen LogP contribution < -0.4 is 20.1 Å². The molecule has 0 spiro atoms. The number of amides is 1. The fourth-order valence-corrected chi connectivity index (χ4v) is 4.38. The third-order valence-corrected chi connectivity index (χ3v) is 6.06. The van der Waals surface area contributed by atoms with Crippen LogP contribution in [-0.4, -0.2) is 33.9 Å². The summed E-state index contributed by atoms with van der Waals surface area (Å²) in [6, 6.07) is 24.3. The van der Waals surface area contributed by atoms with Crippen molar-refractivity contribution in [3.63, 3.8) is 0 Å². The number of carbonyl (C=O) groups excluding carboxylic acids is 1. The van der Waals surface area contributed by atoms with Gasteiger partial charge >= 0.3 is 0 Å². The van der Waals surface area contributed by atoms with Crippen molar-refractivity contribution in [2.45, 2.75) is 26.8 Å². The highest BCUT2D eigenvalue weighted by atomic mass is 16.5. The van der Waals surface area contributed by atoms with E-state index in [4.69, 9.17) is 19.6 Å². The van der Waals surface area contributed by atoms with E-state index in [1.165, 1.54) is 0 Å².